The number of rotatable bonds is 3. The maximum Gasteiger partial charge on any atom is 0.412 e. The number of piperazine rings is 1. The van der Waals surface area contributed by atoms with Crippen molar-refractivity contribution in [1.29, 1.82) is 0 Å². The average molecular weight is 489 g/mol. The van der Waals surface area contributed by atoms with Crippen LogP contribution in [0.25, 0.3) is 0 Å². The number of halogens is 1. The first kappa shape index (κ1) is 21.7. The minimum Gasteiger partial charge on any atom is -0.416 e. The summed E-state index contributed by atoms with van der Waals surface area (Å²) in [5.41, 5.74) is -0.842. The molecule has 1 fully saturated rings. The third-order valence-corrected chi connectivity index (χ3v) is 7.29. The fourth-order valence-electron chi connectivity index (χ4n) is 4.55. The Labute approximate surface area is 207 Å². The number of hydrogen-bond acceptors (Lipinski definition) is 7. The third kappa shape index (κ3) is 3.71. The molecule has 0 radical (unpaired) electrons. The largest absolute Gasteiger partial charge is 0.416 e. The molecule has 0 aromatic carbocycles. The van der Waals surface area contributed by atoms with Gasteiger partial charge in [-0.25, -0.2) is 24.6 Å². The lowest BCUT2D eigenvalue weighted by Gasteiger charge is -2.51. The highest BCUT2D eigenvalue weighted by Gasteiger charge is 2.55. The van der Waals surface area contributed by atoms with E-state index >= 15 is 0 Å². The van der Waals surface area contributed by atoms with Gasteiger partial charge in [0.1, 0.15) is 11.5 Å². The van der Waals surface area contributed by atoms with Crippen molar-refractivity contribution in [2.75, 3.05) is 24.5 Å². The van der Waals surface area contributed by atoms with Crippen molar-refractivity contribution in [2.45, 2.75) is 65.8 Å². The lowest BCUT2D eigenvalue weighted by Crippen LogP contribution is -2.66. The molecule has 2 aliphatic rings. The highest BCUT2D eigenvalue weighted by atomic mass is 35.5. The van der Waals surface area contributed by atoms with Crippen LogP contribution in [0.3, 0.4) is 0 Å². The van der Waals surface area contributed by atoms with Gasteiger partial charge in [0.25, 0.3) is 5.91 Å². The SMILES string of the molecule is [2H]C([2H])(C)N1CCN(C(=O)O[C@@]2(C)c3nc(C)c(C)nc3C(=O)N2c2ccc(Cl)cn2)C(C)(C)C1C. The molecule has 182 valence electrons. The highest BCUT2D eigenvalue weighted by Crippen LogP contribution is 2.42. The van der Waals surface area contributed by atoms with Crippen molar-refractivity contribution in [1.82, 2.24) is 24.8 Å². The molecule has 2 amide bonds. The molecule has 0 N–H and O–H groups in total. The van der Waals surface area contributed by atoms with Crippen LogP contribution in [-0.4, -0.2) is 67.9 Å². The van der Waals surface area contributed by atoms with Crippen LogP contribution in [0.4, 0.5) is 10.6 Å². The van der Waals surface area contributed by atoms with E-state index in [9.17, 15) is 9.59 Å². The van der Waals surface area contributed by atoms with Gasteiger partial charge in [-0.1, -0.05) is 18.5 Å². The molecular formula is C24H31ClN6O3. The number of anilines is 1. The Bertz CT molecular complexity index is 1220. The van der Waals surface area contributed by atoms with Crippen LogP contribution in [0, 0.1) is 13.8 Å². The third-order valence-electron chi connectivity index (χ3n) is 7.06. The average Bonchev–Trinajstić information content (AvgIpc) is 2.96. The van der Waals surface area contributed by atoms with Gasteiger partial charge >= 0.3 is 6.09 Å². The van der Waals surface area contributed by atoms with Gasteiger partial charge in [-0.05, 0) is 53.2 Å². The molecule has 9 nitrogen and oxygen atoms in total. The molecule has 2 aromatic heterocycles. The predicted molar refractivity (Wildman–Crippen MR) is 129 cm³/mol. The smallest absolute Gasteiger partial charge is 0.412 e. The lowest BCUT2D eigenvalue weighted by atomic mass is 9.90. The summed E-state index contributed by atoms with van der Waals surface area (Å²) in [5.74, 6) is -0.242. The van der Waals surface area contributed by atoms with E-state index in [1.807, 2.05) is 20.8 Å². The second kappa shape index (κ2) is 8.46. The number of fused-ring (bicyclic) bond motifs is 1. The van der Waals surface area contributed by atoms with Gasteiger partial charge in [-0.15, -0.1) is 0 Å². The molecule has 10 heteroatoms. The van der Waals surface area contributed by atoms with E-state index in [1.165, 1.54) is 18.0 Å². The van der Waals surface area contributed by atoms with E-state index in [-0.39, 0.29) is 29.8 Å². The number of nitrogens with zero attached hydrogens (tertiary/aromatic N) is 6. The van der Waals surface area contributed by atoms with E-state index in [1.54, 1.807) is 42.7 Å². The van der Waals surface area contributed by atoms with Crippen molar-refractivity contribution in [3.8, 4) is 0 Å². The van der Waals surface area contributed by atoms with E-state index in [4.69, 9.17) is 19.1 Å². The summed E-state index contributed by atoms with van der Waals surface area (Å²) in [6.07, 6.45) is 0.764. The van der Waals surface area contributed by atoms with Crippen molar-refractivity contribution >= 4 is 29.4 Å². The van der Waals surface area contributed by atoms with Gasteiger partial charge in [0, 0.05) is 35.0 Å². The Morgan fingerprint density at radius 3 is 2.53 bits per heavy atom. The van der Waals surface area contributed by atoms with E-state index in [2.05, 4.69) is 15.0 Å². The summed E-state index contributed by atoms with van der Waals surface area (Å²) in [6, 6.07) is 2.87. The van der Waals surface area contributed by atoms with E-state index < -0.39 is 29.8 Å². The molecule has 0 aliphatic carbocycles. The number of carbonyl (C=O) groups is 2. The second-order valence-corrected chi connectivity index (χ2v) is 9.75. The van der Waals surface area contributed by atoms with Crippen molar-refractivity contribution in [2.24, 2.45) is 0 Å². The molecule has 1 unspecified atom stereocenters. The van der Waals surface area contributed by atoms with Gasteiger partial charge in [-0.3, -0.25) is 9.69 Å². The van der Waals surface area contributed by atoms with Crippen molar-refractivity contribution in [3.05, 3.63) is 46.1 Å². The van der Waals surface area contributed by atoms with Crippen LogP contribution in [0.1, 0.15) is 64.9 Å². The minimum absolute atomic E-state index is 0.0989. The first-order chi connectivity index (χ1) is 16.6. The monoisotopic (exact) mass is 488 g/mol. The normalized spacial score (nSPS) is 25.6. The van der Waals surface area contributed by atoms with Crippen LogP contribution < -0.4 is 4.90 Å². The lowest BCUT2D eigenvalue weighted by molar-refractivity contribution is -0.0540. The topological polar surface area (TPSA) is 91.8 Å². The molecule has 0 saturated carbocycles. The van der Waals surface area contributed by atoms with Gasteiger partial charge in [0.2, 0.25) is 5.72 Å². The zero-order chi connectivity index (χ0) is 26.8. The molecule has 4 heterocycles. The number of aromatic nitrogens is 3. The molecule has 1 saturated heterocycles. The highest BCUT2D eigenvalue weighted by molar-refractivity contribution is 6.30. The second-order valence-electron chi connectivity index (χ2n) is 9.32. The summed E-state index contributed by atoms with van der Waals surface area (Å²) in [6.45, 7) is 11.3. The number of carbonyl (C=O) groups excluding carboxylic acids is 2. The van der Waals surface area contributed by atoms with Crippen LogP contribution in [0.15, 0.2) is 18.3 Å². The number of amides is 2. The van der Waals surface area contributed by atoms with Crippen LogP contribution in [-0.2, 0) is 10.5 Å². The predicted octanol–water partition coefficient (Wildman–Crippen LogP) is 3.92. The van der Waals surface area contributed by atoms with Crippen molar-refractivity contribution in [3.63, 3.8) is 0 Å². The van der Waals surface area contributed by atoms with Crippen molar-refractivity contribution < 1.29 is 17.1 Å². The first-order valence-corrected chi connectivity index (χ1v) is 11.6. The Kier molecular flexibility index (Phi) is 5.41. The molecule has 0 bridgehead atoms. The number of likely N-dealkylation sites (N-methyl/N-ethyl adjacent to an activating group) is 1. The van der Waals surface area contributed by atoms with Crippen LogP contribution in [0.5, 0.6) is 0 Å². The zero-order valence-electron chi connectivity index (χ0n) is 22.5. The maximum absolute atomic E-state index is 13.7. The summed E-state index contributed by atoms with van der Waals surface area (Å²) in [4.78, 5) is 45.2. The molecule has 2 atom stereocenters. The molecule has 0 spiro atoms. The van der Waals surface area contributed by atoms with Crippen LogP contribution in [0.2, 0.25) is 5.02 Å². The number of aryl methyl sites for hydroxylation is 2. The summed E-state index contributed by atoms with van der Waals surface area (Å²) in [7, 11) is 0. The van der Waals surface area contributed by atoms with Crippen LogP contribution >= 0.6 is 11.6 Å². The number of pyridine rings is 1. The van der Waals surface area contributed by atoms with E-state index in [0.717, 1.165) is 0 Å². The number of hydrogen-bond donors (Lipinski definition) is 0. The van der Waals surface area contributed by atoms with Gasteiger partial charge in [0.05, 0.1) is 21.9 Å². The fraction of sp³-hybridized carbons (Fsp3) is 0.542. The summed E-state index contributed by atoms with van der Waals surface area (Å²) >= 11 is 6.02. The fourth-order valence-corrected chi connectivity index (χ4v) is 4.66. The standard InChI is InChI=1S/C24H31ClN6O3/c1-8-29-11-12-30(23(5,6)16(29)4)22(33)34-24(7)20-19(27-14(2)15(3)28-20)21(32)31(24)18-10-9-17(25)13-26-18/h9-10,13,16H,8,11-12H2,1-7H3/t16?,24-/m0/s1/i8D2. The van der Waals surface area contributed by atoms with E-state index in [0.29, 0.717) is 23.0 Å². The molecule has 4 rings (SSSR count). The van der Waals surface area contributed by atoms with Gasteiger partial charge < -0.3 is 9.64 Å². The van der Waals surface area contributed by atoms with Gasteiger partial charge in [0.15, 0.2) is 5.69 Å². The molecule has 2 aliphatic heterocycles. The number of ether oxygens (including phenoxy) is 1. The molecular weight excluding hydrogens is 456 g/mol. The Morgan fingerprint density at radius 1 is 1.24 bits per heavy atom. The molecule has 2 aromatic rings. The Balaban J connectivity index is 1.75. The van der Waals surface area contributed by atoms with Gasteiger partial charge in [-0.2, -0.15) is 0 Å². The zero-order valence-corrected chi connectivity index (χ0v) is 21.3. The molecule has 34 heavy (non-hydrogen) atoms. The summed E-state index contributed by atoms with van der Waals surface area (Å²) < 4.78 is 22.5. The maximum atomic E-state index is 13.7. The minimum atomic E-state index is -1.62. The summed E-state index contributed by atoms with van der Waals surface area (Å²) in [5, 5.41) is 0.397. The Hall–Kier alpha value is -2.78. The first-order valence-electron chi connectivity index (χ1n) is 12.2. The Morgan fingerprint density at radius 2 is 1.91 bits per heavy atom. The quantitative estimate of drug-likeness (QED) is 0.646.